The molecule has 0 radical (unpaired) electrons. The van der Waals surface area contributed by atoms with Crippen LogP contribution in [0.5, 0.6) is 0 Å². The predicted octanol–water partition coefficient (Wildman–Crippen LogP) is 16.2. The Morgan fingerprint density at radius 3 is 1.15 bits per heavy atom. The Morgan fingerprint density at radius 2 is 0.750 bits per heavy atom. The lowest BCUT2D eigenvalue weighted by Crippen LogP contribution is -2.11. The molecule has 4 nitrogen and oxygen atoms in total. The van der Waals surface area contributed by atoms with Crippen molar-refractivity contribution in [2.45, 2.75) is 24.7 Å². The second-order valence-corrected chi connectivity index (χ2v) is 16.0. The molecule has 7 aromatic carbocycles. The van der Waals surface area contributed by atoms with Crippen LogP contribution in [0.4, 0.5) is 52.7 Å². The number of benzene rings is 7. The minimum Gasteiger partial charge on any atom is -0.307 e. The van der Waals surface area contributed by atoms with Crippen LogP contribution in [0, 0.1) is 11.3 Å². The van der Waals surface area contributed by atoms with Crippen molar-refractivity contribution in [3.8, 4) is 50.8 Å². The number of hydrogen-bond acceptors (Lipinski definition) is 2. The molecule has 0 unspecified atom stereocenters. The summed E-state index contributed by atoms with van der Waals surface area (Å²) in [7, 11) is 0. The second-order valence-electron chi connectivity index (χ2n) is 16.0. The summed E-state index contributed by atoms with van der Waals surface area (Å²) in [6, 6.07) is 34.3. The van der Waals surface area contributed by atoms with Crippen LogP contribution in [-0.2, 0) is 24.7 Å². The number of rotatable bonds is 5. The van der Waals surface area contributed by atoms with Gasteiger partial charge in [-0.05, 0) is 113 Å². The van der Waals surface area contributed by atoms with Crippen LogP contribution in [0.2, 0.25) is 0 Å². The number of nitrogens with zero attached hydrogens (tertiary/aromatic N) is 4. The molecule has 0 bridgehead atoms. The van der Waals surface area contributed by atoms with Crippen LogP contribution in [-0.4, -0.2) is 14.1 Å². The van der Waals surface area contributed by atoms with Gasteiger partial charge in [-0.25, -0.2) is 0 Å². The Bertz CT molecular complexity index is 3630. The van der Waals surface area contributed by atoms with Crippen molar-refractivity contribution in [1.29, 1.82) is 5.26 Å². The fraction of sp³-hybridized carbons (Fsp3) is 0.0769. The first-order chi connectivity index (χ1) is 32.2. The molecule has 10 aromatic rings. The SMILES string of the molecule is N#Cc1cc(-n2c3ccccc3c3ccc(-c4cc(C(F)(F)F)cc(C(F)(F)F)c4)cc32)c(-n2c3ccccc3c3ccc(-c4cc(C(F)(F)F)cc(C(F)(F)F)c4)cc32)cc1-c1ccncc1. The summed E-state index contributed by atoms with van der Waals surface area (Å²) in [6.07, 6.45) is -17.5. The van der Waals surface area contributed by atoms with Crippen molar-refractivity contribution in [3.05, 3.63) is 186 Å². The van der Waals surface area contributed by atoms with Crippen LogP contribution in [0.25, 0.3) is 88.4 Å². The summed E-state index contributed by atoms with van der Waals surface area (Å²) in [5.74, 6) is 0. The Hall–Kier alpha value is -8.06. The van der Waals surface area contributed by atoms with Crippen molar-refractivity contribution >= 4 is 43.6 Å². The monoisotopic (exact) mass is 934 g/mol. The molecule has 0 aliphatic rings. The van der Waals surface area contributed by atoms with E-state index in [9.17, 15) is 57.9 Å². The minimum absolute atomic E-state index is 0.00327. The van der Waals surface area contributed by atoms with Gasteiger partial charge in [0, 0.05) is 39.5 Å². The highest BCUT2D eigenvalue weighted by atomic mass is 19.4. The molecular formula is C52H26F12N4. The van der Waals surface area contributed by atoms with Crippen LogP contribution in [0.3, 0.4) is 0 Å². The largest absolute Gasteiger partial charge is 0.416 e. The quantitative estimate of drug-likeness (QED) is 0.161. The number of hydrogen-bond donors (Lipinski definition) is 0. The molecule has 0 aliphatic heterocycles. The molecule has 0 spiro atoms. The highest BCUT2D eigenvalue weighted by Crippen LogP contribution is 2.45. The van der Waals surface area contributed by atoms with E-state index in [2.05, 4.69) is 11.1 Å². The number of nitriles is 1. The maximum Gasteiger partial charge on any atom is 0.416 e. The molecular weight excluding hydrogens is 909 g/mol. The maximum atomic E-state index is 14.1. The van der Waals surface area contributed by atoms with Gasteiger partial charge in [-0.1, -0.05) is 60.7 Å². The average molecular weight is 935 g/mol. The van der Waals surface area contributed by atoms with Gasteiger partial charge < -0.3 is 9.13 Å². The number of fused-ring (bicyclic) bond motifs is 6. The summed E-state index contributed by atoms with van der Waals surface area (Å²) < 4.78 is 173. The molecule has 3 heterocycles. The zero-order chi connectivity index (χ0) is 48.1. The fourth-order valence-electron chi connectivity index (χ4n) is 8.86. The smallest absolute Gasteiger partial charge is 0.307 e. The Labute approximate surface area is 376 Å². The molecule has 0 saturated heterocycles. The molecule has 0 fully saturated rings. The molecule has 68 heavy (non-hydrogen) atoms. The second kappa shape index (κ2) is 15.5. The lowest BCUT2D eigenvalue weighted by atomic mass is 9.97. The van der Waals surface area contributed by atoms with Crippen LogP contribution in [0.1, 0.15) is 27.8 Å². The topological polar surface area (TPSA) is 46.5 Å². The third-order valence-corrected chi connectivity index (χ3v) is 11.9. The number of para-hydroxylation sites is 2. The number of aromatic nitrogens is 3. The van der Waals surface area contributed by atoms with Crippen molar-refractivity contribution in [2.75, 3.05) is 0 Å². The van der Waals surface area contributed by atoms with E-state index in [-0.39, 0.29) is 45.6 Å². The van der Waals surface area contributed by atoms with Crippen LogP contribution >= 0.6 is 0 Å². The van der Waals surface area contributed by atoms with Crippen molar-refractivity contribution in [2.24, 2.45) is 0 Å². The first-order valence-electron chi connectivity index (χ1n) is 20.3. The summed E-state index contributed by atoms with van der Waals surface area (Å²) in [5, 5.41) is 13.1. The van der Waals surface area contributed by atoms with Crippen molar-refractivity contribution in [3.63, 3.8) is 0 Å². The summed E-state index contributed by atoms with van der Waals surface area (Å²) >= 11 is 0. The van der Waals surface area contributed by atoms with Gasteiger partial charge in [-0.2, -0.15) is 57.9 Å². The van der Waals surface area contributed by atoms with E-state index < -0.39 is 47.0 Å². The number of alkyl halides is 12. The Kier molecular flexibility index (Phi) is 9.99. The number of pyridine rings is 1. The van der Waals surface area contributed by atoms with Gasteiger partial charge in [0.25, 0.3) is 0 Å². The van der Waals surface area contributed by atoms with Crippen molar-refractivity contribution in [1.82, 2.24) is 14.1 Å². The molecule has 0 N–H and O–H groups in total. The van der Waals surface area contributed by atoms with Crippen LogP contribution < -0.4 is 0 Å². The summed E-state index contributed by atoms with van der Waals surface area (Å²) in [4.78, 5) is 4.10. The van der Waals surface area contributed by atoms with E-state index in [1.54, 1.807) is 94.1 Å². The molecule has 0 atom stereocenters. The molecule has 0 aliphatic carbocycles. The van der Waals surface area contributed by atoms with E-state index in [0.717, 1.165) is 0 Å². The third-order valence-electron chi connectivity index (χ3n) is 11.9. The van der Waals surface area contributed by atoms with Gasteiger partial charge in [-0.15, -0.1) is 0 Å². The van der Waals surface area contributed by atoms with E-state index >= 15 is 0 Å². The van der Waals surface area contributed by atoms with E-state index in [0.29, 0.717) is 84.7 Å². The van der Waals surface area contributed by atoms with E-state index in [1.165, 1.54) is 36.7 Å². The molecule has 0 saturated carbocycles. The lowest BCUT2D eigenvalue weighted by Gasteiger charge is -2.20. The standard InChI is InChI=1S/C52H26F12N4/c53-49(54,55)34-17-31(18-35(24-34)50(56,57)58)29-9-11-40-38-5-1-3-7-43(38)67(45(40)21-29)47-23-33(27-65)42(28-13-15-66-16-14-28)26-48(47)68-44-8-4-2-6-39(44)41-12-10-30(22-46(41)68)32-19-36(51(59,60)61)25-37(20-32)52(62,63)64/h1-26H. The maximum absolute atomic E-state index is 14.1. The van der Waals surface area contributed by atoms with E-state index in [4.69, 9.17) is 0 Å². The van der Waals surface area contributed by atoms with Gasteiger partial charge in [0.2, 0.25) is 0 Å². The van der Waals surface area contributed by atoms with Gasteiger partial charge in [-0.3, -0.25) is 4.98 Å². The highest BCUT2D eigenvalue weighted by Gasteiger charge is 2.39. The highest BCUT2D eigenvalue weighted by molar-refractivity contribution is 6.13. The summed E-state index contributed by atoms with van der Waals surface area (Å²) in [6.45, 7) is 0. The predicted molar refractivity (Wildman–Crippen MR) is 234 cm³/mol. The normalized spacial score (nSPS) is 12.7. The average Bonchev–Trinajstić information content (AvgIpc) is 3.82. The Morgan fingerprint density at radius 1 is 0.368 bits per heavy atom. The Balaban J connectivity index is 1.32. The number of halogens is 12. The zero-order valence-corrected chi connectivity index (χ0v) is 34.3. The lowest BCUT2D eigenvalue weighted by molar-refractivity contribution is -0.144. The summed E-state index contributed by atoms with van der Waals surface area (Å²) in [5.41, 5.74) is -3.46. The molecule has 10 rings (SSSR count). The van der Waals surface area contributed by atoms with E-state index in [1.807, 2.05) is 0 Å². The zero-order valence-electron chi connectivity index (χ0n) is 34.3. The van der Waals surface area contributed by atoms with Crippen molar-refractivity contribution < 1.29 is 52.7 Å². The van der Waals surface area contributed by atoms with Gasteiger partial charge in [0.1, 0.15) is 0 Å². The minimum atomic E-state index is -5.13. The fourth-order valence-corrected chi connectivity index (χ4v) is 8.86. The molecule has 338 valence electrons. The molecule has 16 heteroatoms. The first kappa shape index (κ1) is 43.8. The van der Waals surface area contributed by atoms with Gasteiger partial charge in [0.15, 0.2) is 0 Å². The first-order valence-corrected chi connectivity index (χ1v) is 20.3. The molecule has 0 amide bonds. The van der Waals surface area contributed by atoms with Gasteiger partial charge >= 0.3 is 24.7 Å². The molecule has 3 aromatic heterocycles. The van der Waals surface area contributed by atoms with Crippen LogP contribution in [0.15, 0.2) is 158 Å². The third kappa shape index (κ3) is 7.53. The van der Waals surface area contributed by atoms with Gasteiger partial charge in [0.05, 0.1) is 67.3 Å².